The number of carbonyl (C=O) groups excluding carboxylic acids is 2. The molecule has 2 amide bonds. The zero-order chi connectivity index (χ0) is 23.7. The number of benzene rings is 3. The summed E-state index contributed by atoms with van der Waals surface area (Å²) in [5.74, 6) is 0.316. The lowest BCUT2D eigenvalue weighted by Gasteiger charge is -2.15. The van der Waals surface area contributed by atoms with Crippen LogP contribution < -0.4 is 9.47 Å². The van der Waals surface area contributed by atoms with E-state index in [2.05, 4.69) is 32.9 Å². The number of fused-ring (bicyclic) bond motifs is 3. The Morgan fingerprint density at radius 2 is 1.15 bits per heavy atom. The maximum Gasteiger partial charge on any atom is 0.265 e. The summed E-state index contributed by atoms with van der Waals surface area (Å²) in [5.41, 5.74) is 3.04. The summed E-state index contributed by atoms with van der Waals surface area (Å²) in [6, 6.07) is 8.35. The van der Waals surface area contributed by atoms with Crippen LogP contribution in [0.2, 0.25) is 0 Å². The Morgan fingerprint density at radius 1 is 0.697 bits per heavy atom. The van der Waals surface area contributed by atoms with Gasteiger partial charge in [0.2, 0.25) is 0 Å². The lowest BCUT2D eigenvalue weighted by Crippen LogP contribution is -2.30. The molecule has 0 aliphatic carbocycles. The van der Waals surface area contributed by atoms with Gasteiger partial charge in [-0.25, -0.2) is 0 Å². The third kappa shape index (κ3) is 3.94. The van der Waals surface area contributed by atoms with Gasteiger partial charge in [0.25, 0.3) is 11.8 Å². The van der Waals surface area contributed by atoms with E-state index in [1.165, 1.54) is 35.3 Å². The molecule has 0 radical (unpaired) electrons. The standard InChI is InChI=1S/C28H33NO4/c1-6-7-8-9-10-11-12-29-27(30)23-24(28(29)31)26(33-5)22-16-20-14-18(3)17(2)13-19(20)15-21(22)25(23)32-4/h13-16H,6-12H2,1-5H3. The van der Waals surface area contributed by atoms with E-state index in [0.717, 1.165) is 40.8 Å². The van der Waals surface area contributed by atoms with Crippen molar-refractivity contribution in [1.29, 1.82) is 0 Å². The third-order valence-corrected chi connectivity index (χ3v) is 6.84. The Balaban J connectivity index is 1.80. The minimum Gasteiger partial charge on any atom is -0.495 e. The monoisotopic (exact) mass is 447 g/mol. The lowest BCUT2D eigenvalue weighted by molar-refractivity contribution is 0.0650. The van der Waals surface area contributed by atoms with Crippen molar-refractivity contribution in [3.05, 3.63) is 46.5 Å². The Morgan fingerprint density at radius 3 is 1.61 bits per heavy atom. The van der Waals surface area contributed by atoms with Crippen molar-refractivity contribution in [2.75, 3.05) is 20.8 Å². The molecule has 0 unspecified atom stereocenters. The molecule has 174 valence electrons. The molecule has 0 saturated carbocycles. The van der Waals surface area contributed by atoms with Crippen molar-refractivity contribution in [3.8, 4) is 11.5 Å². The van der Waals surface area contributed by atoms with Gasteiger partial charge in [-0.15, -0.1) is 0 Å². The number of rotatable bonds is 9. The zero-order valence-corrected chi connectivity index (χ0v) is 20.3. The fourth-order valence-electron chi connectivity index (χ4n) is 4.90. The van der Waals surface area contributed by atoms with Gasteiger partial charge in [0, 0.05) is 17.3 Å². The number of ether oxygens (including phenoxy) is 2. The van der Waals surface area contributed by atoms with Crippen LogP contribution in [0.4, 0.5) is 0 Å². The molecule has 1 aliphatic rings. The summed E-state index contributed by atoms with van der Waals surface area (Å²) >= 11 is 0. The second kappa shape index (κ2) is 9.42. The van der Waals surface area contributed by atoms with Gasteiger partial charge < -0.3 is 9.47 Å². The van der Waals surface area contributed by atoms with E-state index < -0.39 is 0 Å². The second-order valence-corrected chi connectivity index (χ2v) is 9.03. The van der Waals surface area contributed by atoms with Gasteiger partial charge in [-0.1, -0.05) is 51.2 Å². The van der Waals surface area contributed by atoms with Crippen molar-refractivity contribution in [2.24, 2.45) is 0 Å². The number of methoxy groups -OCH3 is 2. The van der Waals surface area contributed by atoms with E-state index >= 15 is 0 Å². The Labute approximate surface area is 195 Å². The zero-order valence-electron chi connectivity index (χ0n) is 20.3. The molecule has 3 aromatic carbocycles. The summed E-state index contributed by atoms with van der Waals surface area (Å²) in [5, 5.41) is 3.69. The van der Waals surface area contributed by atoms with E-state index in [-0.39, 0.29) is 11.8 Å². The SMILES string of the molecule is CCCCCCCCN1C(=O)c2c(c(OC)c3cc4cc(C)c(C)cc4cc3c2OC)C1=O. The van der Waals surface area contributed by atoms with Crippen LogP contribution in [0, 0.1) is 13.8 Å². The van der Waals surface area contributed by atoms with Crippen LogP contribution in [0.1, 0.15) is 77.3 Å². The van der Waals surface area contributed by atoms with Crippen LogP contribution in [0.3, 0.4) is 0 Å². The van der Waals surface area contributed by atoms with Gasteiger partial charge in [0.1, 0.15) is 11.5 Å². The number of aryl methyl sites for hydroxylation is 2. The van der Waals surface area contributed by atoms with E-state index in [9.17, 15) is 9.59 Å². The highest BCUT2D eigenvalue weighted by Crippen LogP contribution is 2.46. The molecule has 3 aromatic rings. The summed E-state index contributed by atoms with van der Waals surface area (Å²) in [6.45, 7) is 6.78. The van der Waals surface area contributed by atoms with Gasteiger partial charge in [0.05, 0.1) is 25.3 Å². The molecule has 33 heavy (non-hydrogen) atoms. The fourth-order valence-corrected chi connectivity index (χ4v) is 4.90. The summed E-state index contributed by atoms with van der Waals surface area (Å²) in [6.07, 6.45) is 6.55. The quantitative estimate of drug-likeness (QED) is 0.211. The van der Waals surface area contributed by atoms with E-state index in [0.29, 0.717) is 29.2 Å². The average Bonchev–Trinajstić information content (AvgIpc) is 3.04. The number of amides is 2. The van der Waals surface area contributed by atoms with Crippen molar-refractivity contribution in [2.45, 2.75) is 59.3 Å². The predicted molar refractivity (Wildman–Crippen MR) is 133 cm³/mol. The first kappa shape index (κ1) is 23.1. The van der Waals surface area contributed by atoms with E-state index in [4.69, 9.17) is 9.47 Å². The van der Waals surface area contributed by atoms with Crippen molar-refractivity contribution >= 4 is 33.4 Å². The van der Waals surface area contributed by atoms with Crippen molar-refractivity contribution in [1.82, 2.24) is 4.90 Å². The van der Waals surface area contributed by atoms with Gasteiger partial charge in [-0.2, -0.15) is 0 Å². The molecular weight excluding hydrogens is 414 g/mol. The number of hydrogen-bond acceptors (Lipinski definition) is 4. The van der Waals surface area contributed by atoms with Gasteiger partial charge in [0.15, 0.2) is 0 Å². The number of imide groups is 1. The number of unbranched alkanes of at least 4 members (excludes halogenated alkanes) is 5. The van der Waals surface area contributed by atoms with Crippen LogP contribution in [0.15, 0.2) is 24.3 Å². The Kier molecular flexibility index (Phi) is 6.59. The molecule has 1 heterocycles. The van der Waals surface area contributed by atoms with Crippen LogP contribution in [0.25, 0.3) is 21.5 Å². The van der Waals surface area contributed by atoms with Crippen LogP contribution in [-0.4, -0.2) is 37.5 Å². The fraction of sp³-hybridized carbons (Fsp3) is 0.429. The van der Waals surface area contributed by atoms with Crippen molar-refractivity contribution in [3.63, 3.8) is 0 Å². The summed E-state index contributed by atoms with van der Waals surface area (Å²) in [7, 11) is 3.11. The third-order valence-electron chi connectivity index (χ3n) is 6.84. The highest BCUT2D eigenvalue weighted by molar-refractivity contribution is 6.27. The van der Waals surface area contributed by atoms with Crippen LogP contribution >= 0.6 is 0 Å². The predicted octanol–water partition coefficient (Wildman–Crippen LogP) is 6.58. The minimum absolute atomic E-state index is 0.291. The first-order chi connectivity index (χ1) is 15.9. The Hall–Kier alpha value is -3.08. The molecule has 0 N–H and O–H groups in total. The van der Waals surface area contributed by atoms with Gasteiger partial charge in [-0.3, -0.25) is 14.5 Å². The second-order valence-electron chi connectivity index (χ2n) is 9.03. The Bertz CT molecular complexity index is 1160. The molecule has 5 nitrogen and oxygen atoms in total. The van der Waals surface area contributed by atoms with E-state index in [1.807, 2.05) is 12.1 Å². The minimum atomic E-state index is -0.291. The number of nitrogens with zero attached hydrogens (tertiary/aromatic N) is 1. The van der Waals surface area contributed by atoms with Crippen molar-refractivity contribution < 1.29 is 19.1 Å². The summed E-state index contributed by atoms with van der Waals surface area (Å²) < 4.78 is 11.5. The molecule has 0 aromatic heterocycles. The molecule has 0 bridgehead atoms. The normalized spacial score (nSPS) is 13.3. The molecule has 0 atom stereocenters. The highest BCUT2D eigenvalue weighted by Gasteiger charge is 2.42. The molecule has 1 aliphatic heterocycles. The molecule has 0 fully saturated rings. The molecule has 5 heteroatoms. The smallest absolute Gasteiger partial charge is 0.265 e. The molecular formula is C28H33NO4. The average molecular weight is 448 g/mol. The highest BCUT2D eigenvalue weighted by atomic mass is 16.5. The van der Waals surface area contributed by atoms with Gasteiger partial charge in [-0.05, 0) is 54.3 Å². The lowest BCUT2D eigenvalue weighted by atomic mass is 9.94. The number of hydrogen-bond donors (Lipinski definition) is 0. The molecule has 0 saturated heterocycles. The van der Waals surface area contributed by atoms with Gasteiger partial charge >= 0.3 is 0 Å². The first-order valence-corrected chi connectivity index (χ1v) is 11.9. The molecule has 0 spiro atoms. The maximum absolute atomic E-state index is 13.4. The largest absolute Gasteiger partial charge is 0.495 e. The summed E-state index contributed by atoms with van der Waals surface area (Å²) in [4.78, 5) is 28.2. The van der Waals surface area contributed by atoms with E-state index in [1.54, 1.807) is 14.2 Å². The van der Waals surface area contributed by atoms with Crippen LogP contribution in [0.5, 0.6) is 11.5 Å². The molecule has 4 rings (SSSR count). The maximum atomic E-state index is 13.4. The topological polar surface area (TPSA) is 55.8 Å². The van der Waals surface area contributed by atoms with Crippen LogP contribution in [-0.2, 0) is 0 Å². The number of carbonyl (C=O) groups is 2. The first-order valence-electron chi connectivity index (χ1n) is 11.9.